The van der Waals surface area contributed by atoms with Gasteiger partial charge in [-0.05, 0) is 13.1 Å². The summed E-state index contributed by atoms with van der Waals surface area (Å²) in [6.07, 6.45) is -0.861. The van der Waals surface area contributed by atoms with E-state index in [-0.39, 0.29) is 6.54 Å². The third-order valence-electron chi connectivity index (χ3n) is 1.61. The highest BCUT2D eigenvalue weighted by atomic mass is 19.1. The van der Waals surface area contributed by atoms with Crippen molar-refractivity contribution in [2.24, 2.45) is 5.73 Å². The Labute approximate surface area is 62.2 Å². The van der Waals surface area contributed by atoms with Gasteiger partial charge in [-0.3, -0.25) is 0 Å². The van der Waals surface area contributed by atoms with Gasteiger partial charge in [0.25, 0.3) is 0 Å². The minimum atomic E-state index is -0.861. The van der Waals surface area contributed by atoms with E-state index in [1.54, 1.807) is 0 Å². The Hall–Kier alpha value is -0.150. The van der Waals surface area contributed by atoms with Gasteiger partial charge < -0.3 is 10.6 Å². The summed E-state index contributed by atoms with van der Waals surface area (Å²) in [5.74, 6) is 0. The predicted molar refractivity (Wildman–Crippen MR) is 41.7 cm³/mol. The highest BCUT2D eigenvalue weighted by Gasteiger charge is 2.07. The van der Waals surface area contributed by atoms with E-state index in [4.69, 9.17) is 5.73 Å². The van der Waals surface area contributed by atoms with E-state index in [0.29, 0.717) is 6.54 Å². The summed E-state index contributed by atoms with van der Waals surface area (Å²) in [5, 5.41) is 0. The molecule has 3 heteroatoms. The molecule has 0 fully saturated rings. The second kappa shape index (κ2) is 5.62. The van der Waals surface area contributed by atoms with Crippen LogP contribution in [-0.4, -0.2) is 37.3 Å². The van der Waals surface area contributed by atoms with Gasteiger partial charge in [0.1, 0.15) is 6.17 Å². The Morgan fingerprint density at radius 3 is 2.20 bits per heavy atom. The van der Waals surface area contributed by atoms with E-state index in [2.05, 4.69) is 0 Å². The first-order chi connectivity index (χ1) is 4.74. The fourth-order valence-corrected chi connectivity index (χ4v) is 0.837. The van der Waals surface area contributed by atoms with Crippen LogP contribution in [0.5, 0.6) is 0 Å². The largest absolute Gasteiger partial charge is 0.328 e. The average molecular weight is 148 g/mol. The Morgan fingerprint density at radius 2 is 1.90 bits per heavy atom. The molecule has 1 atom stereocenters. The molecule has 0 amide bonds. The topological polar surface area (TPSA) is 29.3 Å². The molecule has 62 valence electrons. The normalized spacial score (nSPS) is 14.1. The van der Waals surface area contributed by atoms with E-state index in [9.17, 15) is 4.39 Å². The number of alkyl halides is 1. The molecule has 0 aromatic rings. The lowest BCUT2D eigenvalue weighted by atomic mass is 10.3. The first-order valence-electron chi connectivity index (χ1n) is 3.81. The van der Waals surface area contributed by atoms with Crippen LogP contribution in [0.3, 0.4) is 0 Å². The van der Waals surface area contributed by atoms with Crippen molar-refractivity contribution in [2.45, 2.75) is 20.0 Å². The van der Waals surface area contributed by atoms with Crippen molar-refractivity contribution in [1.29, 1.82) is 0 Å². The van der Waals surface area contributed by atoms with Gasteiger partial charge in [0.15, 0.2) is 0 Å². The molecule has 0 rings (SSSR count). The standard InChI is InChI=1S/C7H17FN2/c1-3-10(4-2)6-7(8)5-9/h7H,3-6,9H2,1-2H3. The minimum absolute atomic E-state index is 0.135. The molecular formula is C7H17FN2. The van der Waals surface area contributed by atoms with Crippen LogP contribution in [-0.2, 0) is 0 Å². The first-order valence-corrected chi connectivity index (χ1v) is 3.81. The van der Waals surface area contributed by atoms with E-state index in [1.165, 1.54) is 0 Å². The van der Waals surface area contributed by atoms with Gasteiger partial charge >= 0.3 is 0 Å². The second-order valence-corrected chi connectivity index (χ2v) is 2.32. The van der Waals surface area contributed by atoms with E-state index in [1.807, 2.05) is 18.7 Å². The molecule has 2 N–H and O–H groups in total. The van der Waals surface area contributed by atoms with Gasteiger partial charge in [0.05, 0.1) is 0 Å². The zero-order valence-electron chi connectivity index (χ0n) is 6.81. The highest BCUT2D eigenvalue weighted by molar-refractivity contribution is 4.62. The maximum atomic E-state index is 12.6. The van der Waals surface area contributed by atoms with Crippen LogP contribution in [0.15, 0.2) is 0 Å². The number of rotatable bonds is 5. The molecule has 2 nitrogen and oxygen atoms in total. The molecule has 0 aliphatic carbocycles. The van der Waals surface area contributed by atoms with Gasteiger partial charge in [0.2, 0.25) is 0 Å². The van der Waals surface area contributed by atoms with Crippen LogP contribution in [0.25, 0.3) is 0 Å². The molecule has 10 heavy (non-hydrogen) atoms. The summed E-state index contributed by atoms with van der Waals surface area (Å²) < 4.78 is 12.6. The molecule has 0 spiro atoms. The summed E-state index contributed by atoms with van der Waals surface area (Å²) in [6, 6.07) is 0. The van der Waals surface area contributed by atoms with Crippen LogP contribution >= 0.6 is 0 Å². The number of hydrogen-bond acceptors (Lipinski definition) is 2. The minimum Gasteiger partial charge on any atom is -0.328 e. The molecule has 0 aliphatic heterocycles. The van der Waals surface area contributed by atoms with Crippen LogP contribution in [0.1, 0.15) is 13.8 Å². The van der Waals surface area contributed by atoms with Gasteiger partial charge in [-0.1, -0.05) is 13.8 Å². The molecule has 0 saturated heterocycles. The van der Waals surface area contributed by atoms with Crippen molar-refractivity contribution in [1.82, 2.24) is 4.90 Å². The number of hydrogen-bond donors (Lipinski definition) is 1. The second-order valence-electron chi connectivity index (χ2n) is 2.32. The van der Waals surface area contributed by atoms with Gasteiger partial charge in [-0.25, -0.2) is 4.39 Å². The van der Waals surface area contributed by atoms with Crippen molar-refractivity contribution in [2.75, 3.05) is 26.2 Å². The summed E-state index contributed by atoms with van der Waals surface area (Å²) in [6.45, 7) is 6.45. The Balaban J connectivity index is 3.41. The Morgan fingerprint density at radius 1 is 1.40 bits per heavy atom. The number of halogens is 1. The van der Waals surface area contributed by atoms with Crippen molar-refractivity contribution in [3.05, 3.63) is 0 Å². The molecule has 0 radical (unpaired) electrons. The fraction of sp³-hybridized carbons (Fsp3) is 1.00. The third kappa shape index (κ3) is 3.80. The summed E-state index contributed by atoms with van der Waals surface area (Å²) in [5.41, 5.74) is 5.13. The molecule has 0 aliphatic rings. The van der Waals surface area contributed by atoms with Crippen molar-refractivity contribution in [3.63, 3.8) is 0 Å². The molecule has 1 unspecified atom stereocenters. The van der Waals surface area contributed by atoms with Crippen LogP contribution < -0.4 is 5.73 Å². The smallest absolute Gasteiger partial charge is 0.125 e. The Kier molecular flexibility index (Phi) is 5.54. The number of nitrogens with zero attached hydrogens (tertiary/aromatic N) is 1. The van der Waals surface area contributed by atoms with Gasteiger partial charge in [0, 0.05) is 13.1 Å². The first kappa shape index (κ1) is 9.85. The monoisotopic (exact) mass is 148 g/mol. The van der Waals surface area contributed by atoms with E-state index >= 15 is 0 Å². The van der Waals surface area contributed by atoms with Crippen LogP contribution in [0.4, 0.5) is 4.39 Å². The number of nitrogens with two attached hydrogens (primary N) is 1. The maximum absolute atomic E-state index is 12.6. The molecule has 0 bridgehead atoms. The molecule has 0 aromatic heterocycles. The zero-order valence-corrected chi connectivity index (χ0v) is 6.81. The predicted octanol–water partition coefficient (Wildman–Crippen LogP) is 0.625. The van der Waals surface area contributed by atoms with E-state index in [0.717, 1.165) is 13.1 Å². The lowest BCUT2D eigenvalue weighted by molar-refractivity contribution is 0.209. The quantitative estimate of drug-likeness (QED) is 0.619. The Bertz CT molecular complexity index is 74.0. The van der Waals surface area contributed by atoms with Crippen LogP contribution in [0.2, 0.25) is 0 Å². The SMILES string of the molecule is CCN(CC)CC(F)CN. The molecule has 0 aromatic carbocycles. The lowest BCUT2D eigenvalue weighted by Gasteiger charge is -2.19. The third-order valence-corrected chi connectivity index (χ3v) is 1.61. The van der Waals surface area contributed by atoms with Gasteiger partial charge in [-0.15, -0.1) is 0 Å². The molecular weight excluding hydrogens is 131 g/mol. The maximum Gasteiger partial charge on any atom is 0.125 e. The summed E-state index contributed by atoms with van der Waals surface area (Å²) >= 11 is 0. The fourth-order valence-electron chi connectivity index (χ4n) is 0.837. The molecule has 0 heterocycles. The van der Waals surface area contributed by atoms with Crippen molar-refractivity contribution in [3.8, 4) is 0 Å². The van der Waals surface area contributed by atoms with Crippen LogP contribution in [0, 0.1) is 0 Å². The molecule has 0 saturated carbocycles. The lowest BCUT2D eigenvalue weighted by Crippen LogP contribution is -2.33. The van der Waals surface area contributed by atoms with E-state index < -0.39 is 6.17 Å². The summed E-state index contributed by atoms with van der Waals surface area (Å²) in [7, 11) is 0. The van der Waals surface area contributed by atoms with Crippen molar-refractivity contribution >= 4 is 0 Å². The zero-order chi connectivity index (χ0) is 7.98. The van der Waals surface area contributed by atoms with Gasteiger partial charge in [-0.2, -0.15) is 0 Å². The highest BCUT2D eigenvalue weighted by Crippen LogP contribution is 1.93. The van der Waals surface area contributed by atoms with Crippen molar-refractivity contribution < 1.29 is 4.39 Å². The average Bonchev–Trinajstić information content (AvgIpc) is 1.99. The summed E-state index contributed by atoms with van der Waals surface area (Å²) in [4.78, 5) is 2.03.